The summed E-state index contributed by atoms with van der Waals surface area (Å²) in [4.78, 5) is 0. The summed E-state index contributed by atoms with van der Waals surface area (Å²) in [5.74, 6) is 0.801. The molecular weight excluding hydrogens is 198 g/mol. The Kier molecular flexibility index (Phi) is 6.07. The van der Waals surface area contributed by atoms with Crippen molar-refractivity contribution in [2.24, 2.45) is 11.3 Å². The Morgan fingerprint density at radius 1 is 1.31 bits per heavy atom. The van der Waals surface area contributed by atoms with Crippen molar-refractivity contribution >= 4 is 0 Å². The van der Waals surface area contributed by atoms with E-state index in [1.54, 1.807) is 0 Å². The zero-order valence-electron chi connectivity index (χ0n) is 10.8. The molecule has 0 amide bonds. The van der Waals surface area contributed by atoms with Crippen LogP contribution in [0.3, 0.4) is 0 Å². The number of hydrogen-bond acceptors (Lipinski definition) is 2. The van der Waals surface area contributed by atoms with Gasteiger partial charge in [-0.2, -0.15) is 0 Å². The zero-order chi connectivity index (χ0) is 11.9. The molecule has 16 heavy (non-hydrogen) atoms. The van der Waals surface area contributed by atoms with Gasteiger partial charge in [0, 0.05) is 18.6 Å². The molecular formula is C14H27NO. The molecule has 0 heterocycles. The van der Waals surface area contributed by atoms with Crippen molar-refractivity contribution in [1.82, 2.24) is 5.32 Å². The summed E-state index contributed by atoms with van der Waals surface area (Å²) in [6, 6.07) is 0. The molecule has 94 valence electrons. The van der Waals surface area contributed by atoms with Crippen LogP contribution in [0.5, 0.6) is 0 Å². The number of hydrogen-bond donors (Lipinski definition) is 2. The summed E-state index contributed by atoms with van der Waals surface area (Å²) in [7, 11) is 0. The maximum absolute atomic E-state index is 9.46. The van der Waals surface area contributed by atoms with Gasteiger partial charge in [0.25, 0.3) is 0 Å². The van der Waals surface area contributed by atoms with Crippen LogP contribution in [0.15, 0.2) is 12.2 Å². The van der Waals surface area contributed by atoms with E-state index in [1.807, 2.05) is 0 Å². The van der Waals surface area contributed by atoms with Gasteiger partial charge in [-0.25, -0.2) is 0 Å². The highest BCUT2D eigenvalue weighted by molar-refractivity contribution is 4.91. The largest absolute Gasteiger partial charge is 0.396 e. The fraction of sp³-hybridized carbons (Fsp3) is 0.857. The van der Waals surface area contributed by atoms with Crippen molar-refractivity contribution in [3.05, 3.63) is 12.2 Å². The van der Waals surface area contributed by atoms with E-state index in [0.29, 0.717) is 6.61 Å². The molecule has 0 bridgehead atoms. The first-order valence-corrected chi connectivity index (χ1v) is 6.73. The molecule has 1 aliphatic rings. The highest BCUT2D eigenvalue weighted by Crippen LogP contribution is 2.25. The molecule has 0 aromatic rings. The topological polar surface area (TPSA) is 32.3 Å². The SMILES string of the molecule is CCC(CC)(CO)CNCC1CC=CCC1. The number of aliphatic hydroxyl groups is 1. The minimum Gasteiger partial charge on any atom is -0.396 e. The molecule has 0 aliphatic heterocycles. The smallest absolute Gasteiger partial charge is 0.0499 e. The van der Waals surface area contributed by atoms with Crippen molar-refractivity contribution < 1.29 is 5.11 Å². The summed E-state index contributed by atoms with van der Waals surface area (Å²) >= 11 is 0. The molecule has 0 fully saturated rings. The number of nitrogens with one attached hydrogen (secondary N) is 1. The molecule has 1 atom stereocenters. The van der Waals surface area contributed by atoms with E-state index in [0.717, 1.165) is 31.8 Å². The Hall–Kier alpha value is -0.340. The van der Waals surface area contributed by atoms with E-state index in [2.05, 4.69) is 31.3 Å². The Morgan fingerprint density at radius 2 is 2.06 bits per heavy atom. The summed E-state index contributed by atoms with van der Waals surface area (Å²) < 4.78 is 0. The Morgan fingerprint density at radius 3 is 2.56 bits per heavy atom. The second-order valence-electron chi connectivity index (χ2n) is 5.15. The summed E-state index contributed by atoms with van der Waals surface area (Å²) in [5, 5.41) is 13.0. The first kappa shape index (κ1) is 13.7. The third kappa shape index (κ3) is 3.91. The number of aliphatic hydroxyl groups excluding tert-OH is 1. The third-order valence-corrected chi connectivity index (χ3v) is 4.15. The van der Waals surface area contributed by atoms with Crippen molar-refractivity contribution in [2.45, 2.75) is 46.0 Å². The molecule has 1 aliphatic carbocycles. The van der Waals surface area contributed by atoms with E-state index in [-0.39, 0.29) is 5.41 Å². The molecule has 1 rings (SSSR count). The molecule has 0 saturated heterocycles. The second kappa shape index (κ2) is 7.08. The Labute approximate surface area is 100 Å². The number of allylic oxidation sites excluding steroid dienone is 2. The van der Waals surface area contributed by atoms with Crippen molar-refractivity contribution in [3.63, 3.8) is 0 Å². The van der Waals surface area contributed by atoms with Gasteiger partial charge in [-0.1, -0.05) is 26.0 Å². The van der Waals surface area contributed by atoms with Gasteiger partial charge in [-0.15, -0.1) is 0 Å². The first-order chi connectivity index (χ1) is 7.76. The molecule has 0 radical (unpaired) electrons. The zero-order valence-corrected chi connectivity index (χ0v) is 10.8. The van der Waals surface area contributed by atoms with Crippen LogP contribution in [-0.2, 0) is 0 Å². The maximum atomic E-state index is 9.46. The van der Waals surface area contributed by atoms with Gasteiger partial charge < -0.3 is 10.4 Å². The van der Waals surface area contributed by atoms with Gasteiger partial charge in [-0.05, 0) is 44.6 Å². The molecule has 2 N–H and O–H groups in total. The highest BCUT2D eigenvalue weighted by atomic mass is 16.3. The van der Waals surface area contributed by atoms with Gasteiger partial charge in [0.05, 0.1) is 0 Å². The highest BCUT2D eigenvalue weighted by Gasteiger charge is 2.24. The molecule has 1 unspecified atom stereocenters. The minimum absolute atomic E-state index is 0.102. The molecule has 0 spiro atoms. The van der Waals surface area contributed by atoms with Crippen LogP contribution < -0.4 is 5.32 Å². The van der Waals surface area contributed by atoms with Gasteiger partial charge >= 0.3 is 0 Å². The predicted octanol–water partition coefficient (Wildman–Crippen LogP) is 2.73. The Balaban J connectivity index is 2.24. The summed E-state index contributed by atoms with van der Waals surface area (Å²) in [6.07, 6.45) is 10.5. The third-order valence-electron chi connectivity index (χ3n) is 4.15. The average Bonchev–Trinajstić information content (AvgIpc) is 2.37. The van der Waals surface area contributed by atoms with Crippen molar-refractivity contribution in [3.8, 4) is 0 Å². The standard InChI is InChI=1S/C14H27NO/c1-3-14(4-2,12-16)11-15-10-13-8-6-5-7-9-13/h5-6,13,15-16H,3-4,7-12H2,1-2H3. The van der Waals surface area contributed by atoms with E-state index in [1.165, 1.54) is 19.3 Å². The van der Waals surface area contributed by atoms with Gasteiger partial charge in [0.1, 0.15) is 0 Å². The van der Waals surface area contributed by atoms with E-state index < -0.39 is 0 Å². The van der Waals surface area contributed by atoms with Crippen LogP contribution in [0.25, 0.3) is 0 Å². The fourth-order valence-electron chi connectivity index (χ4n) is 2.36. The second-order valence-corrected chi connectivity index (χ2v) is 5.15. The lowest BCUT2D eigenvalue weighted by Crippen LogP contribution is -2.38. The summed E-state index contributed by atoms with van der Waals surface area (Å²) in [6.45, 7) is 6.70. The average molecular weight is 225 g/mol. The lowest BCUT2D eigenvalue weighted by atomic mass is 9.83. The molecule has 0 aromatic heterocycles. The van der Waals surface area contributed by atoms with Gasteiger partial charge in [0.15, 0.2) is 0 Å². The molecule has 0 aromatic carbocycles. The predicted molar refractivity (Wildman–Crippen MR) is 69.5 cm³/mol. The maximum Gasteiger partial charge on any atom is 0.0499 e. The molecule has 0 saturated carbocycles. The lowest BCUT2D eigenvalue weighted by Gasteiger charge is -2.30. The van der Waals surface area contributed by atoms with Crippen LogP contribution in [-0.4, -0.2) is 24.8 Å². The van der Waals surface area contributed by atoms with E-state index >= 15 is 0 Å². The lowest BCUT2D eigenvalue weighted by molar-refractivity contribution is 0.112. The van der Waals surface area contributed by atoms with Gasteiger partial charge in [-0.3, -0.25) is 0 Å². The number of rotatable bonds is 7. The quantitative estimate of drug-likeness (QED) is 0.653. The minimum atomic E-state index is 0.102. The Bertz CT molecular complexity index is 201. The van der Waals surface area contributed by atoms with Gasteiger partial charge in [0.2, 0.25) is 0 Å². The molecule has 2 heteroatoms. The van der Waals surface area contributed by atoms with E-state index in [9.17, 15) is 5.11 Å². The van der Waals surface area contributed by atoms with Crippen LogP contribution in [0.4, 0.5) is 0 Å². The normalized spacial score (nSPS) is 21.3. The van der Waals surface area contributed by atoms with Crippen molar-refractivity contribution in [1.29, 1.82) is 0 Å². The van der Waals surface area contributed by atoms with E-state index in [4.69, 9.17) is 0 Å². The van der Waals surface area contributed by atoms with Crippen molar-refractivity contribution in [2.75, 3.05) is 19.7 Å². The van der Waals surface area contributed by atoms with Crippen LogP contribution in [0, 0.1) is 11.3 Å². The van der Waals surface area contributed by atoms with Crippen LogP contribution >= 0.6 is 0 Å². The van der Waals surface area contributed by atoms with Crippen LogP contribution in [0.2, 0.25) is 0 Å². The first-order valence-electron chi connectivity index (χ1n) is 6.73. The fourth-order valence-corrected chi connectivity index (χ4v) is 2.36. The monoisotopic (exact) mass is 225 g/mol. The molecule has 2 nitrogen and oxygen atoms in total. The summed E-state index contributed by atoms with van der Waals surface area (Å²) in [5.41, 5.74) is 0.102. The van der Waals surface area contributed by atoms with Crippen LogP contribution in [0.1, 0.15) is 46.0 Å².